The minimum Gasteiger partial charge on any atom is -0.481 e. The number of alkyl halides is 3. The fourth-order valence-corrected chi connectivity index (χ4v) is 3.98. The molecule has 11 heteroatoms. The van der Waals surface area contributed by atoms with Gasteiger partial charge in [0.1, 0.15) is 5.52 Å². The maximum Gasteiger partial charge on any atom is 0.417 e. The first-order valence-electron chi connectivity index (χ1n) is 9.40. The van der Waals surface area contributed by atoms with E-state index in [1.807, 2.05) is 0 Å². The molecular formula is C20H16ClF3N4O3. The number of carbonyl (C=O) groups excluding carboxylic acids is 1. The van der Waals surface area contributed by atoms with Crippen LogP contribution in [0.2, 0.25) is 5.02 Å². The zero-order valence-corrected chi connectivity index (χ0v) is 16.7. The van der Waals surface area contributed by atoms with Gasteiger partial charge < -0.3 is 10.0 Å². The molecule has 0 bridgehead atoms. The number of aliphatic carboxylic acids is 1. The van der Waals surface area contributed by atoms with Crippen LogP contribution in [0.4, 0.5) is 19.0 Å². The summed E-state index contributed by atoms with van der Waals surface area (Å²) in [5.74, 6) is -2.06. The van der Waals surface area contributed by atoms with Crippen molar-refractivity contribution in [2.24, 2.45) is 5.92 Å². The first-order valence-corrected chi connectivity index (χ1v) is 9.78. The monoisotopic (exact) mass is 452 g/mol. The molecule has 0 unspecified atom stereocenters. The van der Waals surface area contributed by atoms with E-state index < -0.39 is 35.1 Å². The lowest BCUT2D eigenvalue weighted by molar-refractivity contribution is -0.142. The number of carboxylic acids is 1. The highest BCUT2D eigenvalue weighted by atomic mass is 35.5. The molecular weight excluding hydrogens is 437 g/mol. The van der Waals surface area contributed by atoms with Gasteiger partial charge in [-0.2, -0.15) is 17.9 Å². The molecule has 1 N–H and O–H groups in total. The fraction of sp³-hybridized carbons (Fsp3) is 0.300. The molecule has 1 aliphatic rings. The van der Waals surface area contributed by atoms with Crippen molar-refractivity contribution in [3.05, 3.63) is 52.7 Å². The number of hydrogen-bond donors (Lipinski definition) is 1. The highest BCUT2D eigenvalue weighted by Crippen LogP contribution is 2.36. The molecule has 2 aromatic heterocycles. The van der Waals surface area contributed by atoms with Crippen LogP contribution < -0.4 is 4.90 Å². The number of piperidine rings is 1. The Morgan fingerprint density at radius 1 is 1.13 bits per heavy atom. The van der Waals surface area contributed by atoms with Crippen molar-refractivity contribution in [3.63, 3.8) is 0 Å². The quantitative estimate of drug-likeness (QED) is 0.644. The van der Waals surface area contributed by atoms with Crippen LogP contribution in [0.3, 0.4) is 0 Å². The van der Waals surface area contributed by atoms with Crippen molar-refractivity contribution in [1.29, 1.82) is 0 Å². The number of aromatic nitrogens is 3. The van der Waals surface area contributed by atoms with Gasteiger partial charge in [-0.15, -0.1) is 5.10 Å². The molecule has 1 aliphatic heterocycles. The molecule has 0 aliphatic carbocycles. The Balaban J connectivity index is 1.79. The van der Waals surface area contributed by atoms with E-state index >= 15 is 0 Å². The summed E-state index contributed by atoms with van der Waals surface area (Å²) in [5, 5.41) is 13.1. The normalized spacial score (nSPS) is 15.4. The number of anilines is 1. The molecule has 162 valence electrons. The second-order valence-electron chi connectivity index (χ2n) is 7.17. The predicted molar refractivity (Wildman–Crippen MR) is 106 cm³/mol. The number of benzene rings is 1. The molecule has 1 fully saturated rings. The van der Waals surface area contributed by atoms with Gasteiger partial charge in [0.05, 0.1) is 27.6 Å². The second kappa shape index (κ2) is 7.84. The third-order valence-electron chi connectivity index (χ3n) is 5.29. The molecule has 0 spiro atoms. The Hall–Kier alpha value is -3.14. The SMILES string of the molecule is O=C(O)C1CCN(c2nn(C(=O)c3c(Cl)cccc3C(F)(F)F)c3cccnc23)CC1. The van der Waals surface area contributed by atoms with E-state index in [9.17, 15) is 27.9 Å². The summed E-state index contributed by atoms with van der Waals surface area (Å²) in [6.07, 6.45) is -2.53. The van der Waals surface area contributed by atoms with Gasteiger partial charge in [0.2, 0.25) is 0 Å². The molecule has 0 saturated carbocycles. The number of pyridine rings is 1. The van der Waals surface area contributed by atoms with Crippen LogP contribution in [-0.4, -0.2) is 44.8 Å². The fourth-order valence-electron chi connectivity index (χ4n) is 3.73. The van der Waals surface area contributed by atoms with E-state index in [0.29, 0.717) is 37.3 Å². The van der Waals surface area contributed by atoms with E-state index in [1.165, 1.54) is 18.3 Å². The van der Waals surface area contributed by atoms with Gasteiger partial charge in [0, 0.05) is 19.3 Å². The van der Waals surface area contributed by atoms with E-state index in [4.69, 9.17) is 11.6 Å². The molecule has 1 saturated heterocycles. The van der Waals surface area contributed by atoms with Gasteiger partial charge in [-0.05, 0) is 37.1 Å². The first kappa shape index (κ1) is 21.1. The second-order valence-corrected chi connectivity index (χ2v) is 7.58. The van der Waals surface area contributed by atoms with Crippen molar-refractivity contribution in [2.45, 2.75) is 19.0 Å². The maximum absolute atomic E-state index is 13.5. The van der Waals surface area contributed by atoms with E-state index in [2.05, 4.69) is 10.1 Å². The highest BCUT2D eigenvalue weighted by molar-refractivity contribution is 6.34. The van der Waals surface area contributed by atoms with Gasteiger partial charge in [-0.25, -0.2) is 0 Å². The third-order valence-corrected chi connectivity index (χ3v) is 5.61. The Kier molecular flexibility index (Phi) is 5.34. The van der Waals surface area contributed by atoms with Gasteiger partial charge in [-0.1, -0.05) is 17.7 Å². The Labute approximate surface area is 179 Å². The van der Waals surface area contributed by atoms with E-state index in [0.717, 1.165) is 16.8 Å². The van der Waals surface area contributed by atoms with Crippen molar-refractivity contribution >= 4 is 40.3 Å². The Morgan fingerprint density at radius 3 is 2.48 bits per heavy atom. The van der Waals surface area contributed by atoms with Crippen LogP contribution in [-0.2, 0) is 11.0 Å². The smallest absolute Gasteiger partial charge is 0.417 e. The summed E-state index contributed by atoms with van der Waals surface area (Å²) in [4.78, 5) is 30.4. The minimum absolute atomic E-state index is 0.232. The summed E-state index contributed by atoms with van der Waals surface area (Å²) >= 11 is 5.99. The topological polar surface area (TPSA) is 88.3 Å². The summed E-state index contributed by atoms with van der Waals surface area (Å²) < 4.78 is 41.4. The molecule has 0 atom stereocenters. The van der Waals surface area contributed by atoms with Crippen LogP contribution >= 0.6 is 11.6 Å². The average Bonchev–Trinajstić information content (AvgIpc) is 3.12. The molecule has 0 radical (unpaired) electrons. The van der Waals surface area contributed by atoms with E-state index in [1.54, 1.807) is 11.0 Å². The minimum atomic E-state index is -4.78. The van der Waals surface area contributed by atoms with Crippen molar-refractivity contribution in [1.82, 2.24) is 14.8 Å². The molecule has 3 heterocycles. The van der Waals surface area contributed by atoms with Crippen LogP contribution in [0.5, 0.6) is 0 Å². The Bertz CT molecular complexity index is 1170. The number of halogens is 4. The molecule has 31 heavy (non-hydrogen) atoms. The van der Waals surface area contributed by atoms with Crippen LogP contribution in [0.15, 0.2) is 36.5 Å². The van der Waals surface area contributed by atoms with Gasteiger partial charge in [0.15, 0.2) is 5.82 Å². The first-order chi connectivity index (χ1) is 14.7. The number of rotatable bonds is 3. The predicted octanol–water partition coefficient (Wildman–Crippen LogP) is 4.09. The maximum atomic E-state index is 13.5. The zero-order valence-electron chi connectivity index (χ0n) is 15.9. The molecule has 7 nitrogen and oxygen atoms in total. The van der Waals surface area contributed by atoms with Crippen LogP contribution in [0.25, 0.3) is 11.0 Å². The number of nitrogens with zero attached hydrogens (tertiary/aromatic N) is 4. The van der Waals surface area contributed by atoms with Crippen molar-refractivity contribution < 1.29 is 27.9 Å². The molecule has 3 aromatic rings. The van der Waals surface area contributed by atoms with Gasteiger partial charge in [0.25, 0.3) is 5.91 Å². The Morgan fingerprint density at radius 2 is 1.84 bits per heavy atom. The number of carboxylic acid groups (broad SMARTS) is 1. The lowest BCUT2D eigenvalue weighted by Crippen LogP contribution is -2.36. The number of hydrogen-bond acceptors (Lipinski definition) is 5. The number of carbonyl (C=O) groups is 2. The van der Waals surface area contributed by atoms with Gasteiger partial charge >= 0.3 is 12.1 Å². The standard InChI is InChI=1S/C20H16ClF3N4O3/c21-13-4-1-3-12(20(22,23)24)15(13)18(29)28-14-5-2-8-25-16(14)17(26-28)27-9-6-11(7-10-27)19(30)31/h1-5,8,11H,6-7,9-10H2,(H,30,31). The van der Waals surface area contributed by atoms with Gasteiger partial charge in [-0.3, -0.25) is 14.6 Å². The van der Waals surface area contributed by atoms with Crippen molar-refractivity contribution in [3.8, 4) is 0 Å². The summed E-state index contributed by atoms with van der Waals surface area (Å²) in [7, 11) is 0. The third kappa shape index (κ3) is 3.83. The van der Waals surface area contributed by atoms with Crippen LogP contribution in [0, 0.1) is 5.92 Å². The number of fused-ring (bicyclic) bond motifs is 1. The molecule has 0 amide bonds. The van der Waals surface area contributed by atoms with Crippen molar-refractivity contribution in [2.75, 3.05) is 18.0 Å². The summed E-state index contributed by atoms with van der Waals surface area (Å²) in [6.45, 7) is 0.738. The van der Waals surface area contributed by atoms with Crippen LogP contribution in [0.1, 0.15) is 28.8 Å². The lowest BCUT2D eigenvalue weighted by atomic mass is 9.97. The summed E-state index contributed by atoms with van der Waals surface area (Å²) in [5.41, 5.74) is -1.27. The summed E-state index contributed by atoms with van der Waals surface area (Å²) in [6, 6.07) is 6.21. The zero-order chi connectivity index (χ0) is 22.3. The average molecular weight is 453 g/mol. The largest absolute Gasteiger partial charge is 0.481 e. The lowest BCUT2D eigenvalue weighted by Gasteiger charge is -2.30. The molecule has 4 rings (SSSR count). The highest BCUT2D eigenvalue weighted by Gasteiger charge is 2.37. The molecule has 1 aromatic carbocycles. The van der Waals surface area contributed by atoms with E-state index in [-0.39, 0.29) is 10.5 Å².